The van der Waals surface area contributed by atoms with Crippen LogP contribution in [0.25, 0.3) is 0 Å². The minimum atomic E-state index is -3.61. The van der Waals surface area contributed by atoms with Crippen molar-refractivity contribution in [2.75, 3.05) is 23.7 Å². The molecule has 0 aliphatic heterocycles. The van der Waals surface area contributed by atoms with E-state index in [-0.39, 0.29) is 43.8 Å². The van der Waals surface area contributed by atoms with Gasteiger partial charge >= 0.3 is 0 Å². The number of anilines is 1. The quantitative estimate of drug-likeness (QED) is 0.435. The van der Waals surface area contributed by atoms with Gasteiger partial charge in [-0.15, -0.1) is 0 Å². The van der Waals surface area contributed by atoms with Crippen molar-refractivity contribution in [2.24, 2.45) is 0 Å². The number of benzene rings is 2. The molecule has 0 bridgehead atoms. The highest BCUT2D eigenvalue weighted by Gasteiger charge is 2.27. The second kappa shape index (κ2) is 13.3. The molecular formula is C27H39N3O5S. The summed E-state index contributed by atoms with van der Waals surface area (Å²) in [6.45, 7) is 10.1. The normalized spacial score (nSPS) is 12.2. The van der Waals surface area contributed by atoms with E-state index in [4.69, 9.17) is 4.74 Å². The Kier molecular flexibility index (Phi) is 10.8. The summed E-state index contributed by atoms with van der Waals surface area (Å²) >= 11 is 0. The molecule has 0 saturated carbocycles. The van der Waals surface area contributed by atoms with Crippen molar-refractivity contribution >= 4 is 27.5 Å². The predicted molar refractivity (Wildman–Crippen MR) is 144 cm³/mol. The second-order valence-corrected chi connectivity index (χ2v) is 11.1. The van der Waals surface area contributed by atoms with Crippen LogP contribution in [0.4, 0.5) is 5.69 Å². The fourth-order valence-electron chi connectivity index (χ4n) is 3.80. The minimum absolute atomic E-state index is 0.0509. The molecule has 198 valence electrons. The Labute approximate surface area is 215 Å². The molecule has 36 heavy (non-hydrogen) atoms. The molecule has 8 nitrogen and oxygen atoms in total. The number of rotatable bonds is 13. The van der Waals surface area contributed by atoms with Gasteiger partial charge in [0.1, 0.15) is 11.8 Å². The smallest absolute Gasteiger partial charge is 0.242 e. The van der Waals surface area contributed by atoms with Gasteiger partial charge in [-0.05, 0) is 58.7 Å². The largest absolute Gasteiger partial charge is 0.492 e. The van der Waals surface area contributed by atoms with Crippen molar-refractivity contribution in [1.29, 1.82) is 0 Å². The number of para-hydroxylation sites is 2. The molecule has 9 heteroatoms. The SMILES string of the molecule is CCOc1ccccc1N(CCCC(=O)N(Cc1ccc(C)cc1)C(C)C(=O)NC(C)C)S(C)(=O)=O. The molecule has 0 aliphatic rings. The van der Waals surface area contributed by atoms with Crippen molar-refractivity contribution in [3.8, 4) is 5.75 Å². The lowest BCUT2D eigenvalue weighted by Crippen LogP contribution is -2.49. The van der Waals surface area contributed by atoms with Crippen LogP contribution in [0.15, 0.2) is 48.5 Å². The predicted octanol–water partition coefficient (Wildman–Crippen LogP) is 3.88. The van der Waals surface area contributed by atoms with E-state index < -0.39 is 16.1 Å². The molecular weight excluding hydrogens is 478 g/mol. The molecule has 0 aliphatic carbocycles. The Morgan fingerprint density at radius 3 is 2.25 bits per heavy atom. The van der Waals surface area contributed by atoms with E-state index in [1.807, 2.05) is 52.0 Å². The number of ether oxygens (including phenoxy) is 1. The highest BCUT2D eigenvalue weighted by atomic mass is 32.2. The maximum absolute atomic E-state index is 13.3. The number of carbonyl (C=O) groups excluding carboxylic acids is 2. The molecule has 0 aromatic heterocycles. The van der Waals surface area contributed by atoms with Gasteiger partial charge in [0.05, 0.1) is 18.6 Å². The number of hydrogen-bond acceptors (Lipinski definition) is 5. The molecule has 2 aromatic rings. The zero-order chi connectivity index (χ0) is 26.9. The lowest BCUT2D eigenvalue weighted by molar-refractivity contribution is -0.140. The van der Waals surface area contributed by atoms with Gasteiger partial charge in [0, 0.05) is 25.6 Å². The Morgan fingerprint density at radius 1 is 1.03 bits per heavy atom. The standard InChI is InChI=1S/C27H39N3O5S/c1-7-35-25-12-9-8-11-24(25)30(36(6,33)34)18-10-13-26(31)29(22(5)27(32)28-20(2)3)19-23-16-14-21(4)15-17-23/h8-9,11-12,14-17,20,22H,7,10,13,18-19H2,1-6H3,(H,28,32). The molecule has 1 N–H and O–H groups in total. The molecule has 2 rings (SSSR count). The Bertz CT molecular complexity index is 1120. The summed E-state index contributed by atoms with van der Waals surface area (Å²) < 4.78 is 32.1. The molecule has 2 amide bonds. The molecule has 1 atom stereocenters. The number of amides is 2. The lowest BCUT2D eigenvalue weighted by atomic mass is 10.1. The van der Waals surface area contributed by atoms with Crippen LogP contribution in [0, 0.1) is 6.92 Å². The molecule has 0 radical (unpaired) electrons. The van der Waals surface area contributed by atoms with Gasteiger partial charge in [-0.1, -0.05) is 42.0 Å². The van der Waals surface area contributed by atoms with Gasteiger partial charge < -0.3 is 15.0 Å². The molecule has 0 saturated heterocycles. The van der Waals surface area contributed by atoms with Gasteiger partial charge in [-0.2, -0.15) is 0 Å². The van der Waals surface area contributed by atoms with Crippen LogP contribution < -0.4 is 14.4 Å². The third-order valence-electron chi connectivity index (χ3n) is 5.66. The number of nitrogens with one attached hydrogen (secondary N) is 1. The van der Waals surface area contributed by atoms with E-state index in [1.54, 1.807) is 36.1 Å². The summed E-state index contributed by atoms with van der Waals surface area (Å²) in [5.41, 5.74) is 2.47. The summed E-state index contributed by atoms with van der Waals surface area (Å²) in [6.07, 6.45) is 1.52. The number of nitrogens with zero attached hydrogens (tertiary/aromatic N) is 2. The maximum Gasteiger partial charge on any atom is 0.242 e. The molecule has 2 aromatic carbocycles. The van der Waals surface area contributed by atoms with E-state index in [2.05, 4.69) is 5.32 Å². The van der Waals surface area contributed by atoms with Crippen LogP contribution in [0.1, 0.15) is 51.7 Å². The zero-order valence-electron chi connectivity index (χ0n) is 22.2. The molecule has 0 spiro atoms. The summed E-state index contributed by atoms with van der Waals surface area (Å²) in [5, 5.41) is 2.87. The Morgan fingerprint density at radius 2 is 1.67 bits per heavy atom. The van der Waals surface area contributed by atoms with Crippen molar-refractivity contribution < 1.29 is 22.7 Å². The summed E-state index contributed by atoms with van der Waals surface area (Å²) in [4.78, 5) is 27.6. The zero-order valence-corrected chi connectivity index (χ0v) is 23.0. The van der Waals surface area contributed by atoms with Crippen molar-refractivity contribution in [3.05, 3.63) is 59.7 Å². The number of carbonyl (C=O) groups is 2. The van der Waals surface area contributed by atoms with Gasteiger partial charge in [0.15, 0.2) is 0 Å². The van der Waals surface area contributed by atoms with E-state index in [1.165, 1.54) is 4.31 Å². The van der Waals surface area contributed by atoms with Crippen LogP contribution in [-0.4, -0.2) is 56.6 Å². The average Bonchev–Trinajstić information content (AvgIpc) is 2.80. The first-order chi connectivity index (χ1) is 16.9. The highest BCUT2D eigenvalue weighted by Crippen LogP contribution is 2.30. The first-order valence-corrected chi connectivity index (χ1v) is 14.1. The van der Waals surface area contributed by atoms with Crippen molar-refractivity contribution in [1.82, 2.24) is 10.2 Å². The van der Waals surface area contributed by atoms with Crippen LogP contribution in [-0.2, 0) is 26.2 Å². The van der Waals surface area contributed by atoms with E-state index in [0.717, 1.165) is 17.4 Å². The molecule has 0 fully saturated rings. The molecule has 1 unspecified atom stereocenters. The second-order valence-electron chi connectivity index (χ2n) is 9.19. The topological polar surface area (TPSA) is 96.0 Å². The monoisotopic (exact) mass is 517 g/mol. The van der Waals surface area contributed by atoms with Gasteiger partial charge in [-0.3, -0.25) is 13.9 Å². The van der Waals surface area contributed by atoms with E-state index in [9.17, 15) is 18.0 Å². The van der Waals surface area contributed by atoms with Crippen LogP contribution in [0.5, 0.6) is 5.75 Å². The van der Waals surface area contributed by atoms with Crippen molar-refractivity contribution in [3.63, 3.8) is 0 Å². The average molecular weight is 518 g/mol. The number of aryl methyl sites for hydroxylation is 1. The first kappa shape index (κ1) is 29.2. The van der Waals surface area contributed by atoms with Gasteiger partial charge in [-0.25, -0.2) is 8.42 Å². The summed E-state index contributed by atoms with van der Waals surface area (Å²) in [5.74, 6) is 0.0270. The maximum atomic E-state index is 13.3. The fraction of sp³-hybridized carbons (Fsp3) is 0.481. The van der Waals surface area contributed by atoms with E-state index >= 15 is 0 Å². The lowest BCUT2D eigenvalue weighted by Gasteiger charge is -2.30. The number of sulfonamides is 1. The highest BCUT2D eigenvalue weighted by molar-refractivity contribution is 7.92. The first-order valence-electron chi connectivity index (χ1n) is 12.3. The van der Waals surface area contributed by atoms with Crippen LogP contribution in [0.2, 0.25) is 0 Å². The van der Waals surface area contributed by atoms with Gasteiger partial charge in [0.2, 0.25) is 21.8 Å². The fourth-order valence-corrected chi connectivity index (χ4v) is 4.77. The molecule has 0 heterocycles. The Balaban J connectivity index is 2.20. The third kappa shape index (κ3) is 8.55. The van der Waals surface area contributed by atoms with E-state index in [0.29, 0.717) is 18.0 Å². The minimum Gasteiger partial charge on any atom is -0.492 e. The van der Waals surface area contributed by atoms with Crippen LogP contribution in [0.3, 0.4) is 0 Å². The van der Waals surface area contributed by atoms with Crippen LogP contribution >= 0.6 is 0 Å². The third-order valence-corrected chi connectivity index (χ3v) is 6.84. The Hall–Kier alpha value is -3.07. The van der Waals surface area contributed by atoms with Gasteiger partial charge in [0.25, 0.3) is 0 Å². The summed E-state index contributed by atoms with van der Waals surface area (Å²) in [6, 6.07) is 14.0. The van der Waals surface area contributed by atoms with Crippen molar-refractivity contribution in [2.45, 2.75) is 66.1 Å². The summed E-state index contributed by atoms with van der Waals surface area (Å²) in [7, 11) is -3.61. The number of hydrogen-bond donors (Lipinski definition) is 1.